The minimum absolute atomic E-state index is 1.03. The van der Waals surface area contributed by atoms with Crippen LogP contribution >= 0.6 is 0 Å². The molecule has 0 amide bonds. The average Bonchev–Trinajstić information content (AvgIpc) is 3.06. The molecule has 0 bridgehead atoms. The van der Waals surface area contributed by atoms with E-state index in [-0.39, 0.29) is 0 Å². The second-order valence-electron chi connectivity index (χ2n) is 6.72. The molecule has 0 radical (unpaired) electrons. The standard InChI is InChI=1S/C24H23N2/c1-25(21-10-4-3-5-11-21)15-8-16-26(2)22-13-14-24-20(18-22)17-19-9-6-7-12-23(19)24/h3-16,18H,17H2,1-2H3/q+1. The molecule has 0 spiro atoms. The zero-order chi connectivity index (χ0) is 17.9. The molecule has 4 rings (SSSR count). The molecule has 1 aliphatic carbocycles. The van der Waals surface area contributed by atoms with E-state index < -0.39 is 0 Å². The van der Waals surface area contributed by atoms with E-state index in [1.54, 1.807) is 0 Å². The highest BCUT2D eigenvalue weighted by Crippen LogP contribution is 2.38. The van der Waals surface area contributed by atoms with Gasteiger partial charge in [-0.25, -0.2) is 4.58 Å². The molecule has 26 heavy (non-hydrogen) atoms. The van der Waals surface area contributed by atoms with Gasteiger partial charge >= 0.3 is 0 Å². The Kier molecular flexibility index (Phi) is 4.40. The Bertz CT molecular complexity index is 984. The van der Waals surface area contributed by atoms with Gasteiger partial charge in [0.05, 0.1) is 0 Å². The van der Waals surface area contributed by atoms with Gasteiger partial charge in [-0.1, -0.05) is 48.5 Å². The van der Waals surface area contributed by atoms with E-state index in [2.05, 4.69) is 109 Å². The largest absolute Gasteiger partial charge is 0.351 e. The lowest BCUT2D eigenvalue weighted by Gasteiger charge is -2.15. The number of anilines is 1. The van der Waals surface area contributed by atoms with Gasteiger partial charge in [-0.15, -0.1) is 0 Å². The molecule has 0 N–H and O–H groups in total. The summed E-state index contributed by atoms with van der Waals surface area (Å²) < 4.78 is 2.11. The third kappa shape index (κ3) is 3.18. The van der Waals surface area contributed by atoms with E-state index in [1.807, 2.05) is 6.07 Å². The van der Waals surface area contributed by atoms with Gasteiger partial charge in [0.2, 0.25) is 5.69 Å². The predicted molar refractivity (Wildman–Crippen MR) is 111 cm³/mol. The van der Waals surface area contributed by atoms with Gasteiger partial charge in [-0.2, -0.15) is 0 Å². The van der Waals surface area contributed by atoms with Gasteiger partial charge in [0.1, 0.15) is 7.05 Å². The molecular weight excluding hydrogens is 316 g/mol. The molecule has 128 valence electrons. The van der Waals surface area contributed by atoms with E-state index in [9.17, 15) is 0 Å². The number of hydrogen-bond acceptors (Lipinski definition) is 1. The van der Waals surface area contributed by atoms with Crippen molar-refractivity contribution in [2.45, 2.75) is 6.42 Å². The van der Waals surface area contributed by atoms with Crippen LogP contribution in [0.15, 0.2) is 85.1 Å². The van der Waals surface area contributed by atoms with Gasteiger partial charge in [0, 0.05) is 37.1 Å². The molecule has 3 aromatic rings. The fraction of sp³-hybridized carbons (Fsp3) is 0.125. The van der Waals surface area contributed by atoms with Crippen molar-refractivity contribution in [2.24, 2.45) is 0 Å². The summed E-state index contributed by atoms with van der Waals surface area (Å²) in [5.74, 6) is 0. The van der Waals surface area contributed by atoms with E-state index in [4.69, 9.17) is 0 Å². The lowest BCUT2D eigenvalue weighted by Crippen LogP contribution is -2.08. The third-order valence-electron chi connectivity index (χ3n) is 4.97. The molecule has 3 aromatic carbocycles. The fourth-order valence-corrected chi connectivity index (χ4v) is 3.48. The van der Waals surface area contributed by atoms with Crippen molar-refractivity contribution in [3.05, 3.63) is 96.2 Å². The monoisotopic (exact) mass is 339 g/mol. The summed E-state index contributed by atoms with van der Waals surface area (Å²) in [5, 5.41) is 0. The van der Waals surface area contributed by atoms with Gasteiger partial charge in [0.15, 0.2) is 6.21 Å². The second-order valence-corrected chi connectivity index (χ2v) is 6.72. The molecule has 0 aliphatic heterocycles. The van der Waals surface area contributed by atoms with E-state index in [1.165, 1.54) is 33.6 Å². The van der Waals surface area contributed by atoms with Crippen molar-refractivity contribution < 1.29 is 4.58 Å². The Balaban J connectivity index is 1.51. The number of allylic oxidation sites excluding steroid dienone is 1. The number of nitrogens with zero attached hydrogens (tertiary/aromatic N) is 2. The molecule has 0 fully saturated rings. The Morgan fingerprint density at radius 2 is 1.58 bits per heavy atom. The molecule has 2 nitrogen and oxygen atoms in total. The molecule has 0 saturated heterocycles. The van der Waals surface area contributed by atoms with E-state index in [0.717, 1.165) is 6.42 Å². The maximum atomic E-state index is 2.31. The van der Waals surface area contributed by atoms with Crippen molar-refractivity contribution in [3.63, 3.8) is 0 Å². The van der Waals surface area contributed by atoms with Crippen molar-refractivity contribution in [1.29, 1.82) is 0 Å². The maximum Gasteiger partial charge on any atom is 0.204 e. The molecule has 0 atom stereocenters. The van der Waals surface area contributed by atoms with E-state index >= 15 is 0 Å². The number of para-hydroxylation sites is 1. The lowest BCUT2D eigenvalue weighted by atomic mass is 10.1. The summed E-state index contributed by atoms with van der Waals surface area (Å²) in [7, 11) is 4.16. The zero-order valence-electron chi connectivity index (χ0n) is 15.3. The molecular formula is C24H23N2+. The molecule has 0 saturated carbocycles. The van der Waals surface area contributed by atoms with Gasteiger partial charge in [-0.3, -0.25) is 0 Å². The van der Waals surface area contributed by atoms with Crippen LogP contribution in [0.1, 0.15) is 11.1 Å². The van der Waals surface area contributed by atoms with Crippen molar-refractivity contribution >= 4 is 17.6 Å². The first-order valence-electron chi connectivity index (χ1n) is 8.96. The molecule has 0 aromatic heterocycles. The second kappa shape index (κ2) is 7.01. The number of fused-ring (bicyclic) bond motifs is 3. The molecule has 1 aliphatic rings. The highest BCUT2D eigenvalue weighted by atomic mass is 15.1. The first-order valence-corrected chi connectivity index (χ1v) is 8.96. The maximum absolute atomic E-state index is 2.31. The van der Waals surface area contributed by atoms with Crippen LogP contribution in [0.2, 0.25) is 0 Å². The van der Waals surface area contributed by atoms with Gasteiger partial charge in [0.25, 0.3) is 0 Å². The Morgan fingerprint density at radius 3 is 2.42 bits per heavy atom. The van der Waals surface area contributed by atoms with Crippen LogP contribution in [-0.2, 0) is 6.42 Å². The van der Waals surface area contributed by atoms with Gasteiger partial charge < -0.3 is 4.90 Å². The zero-order valence-corrected chi connectivity index (χ0v) is 15.3. The summed E-state index contributed by atoms with van der Waals surface area (Å²) in [6, 6.07) is 25.8. The SMILES string of the molecule is CN(/C=C\C=[N+](C)c1ccccc1)c1ccc2c(c1)Cc1ccccc1-2. The Hall–Kier alpha value is -3.13. The third-order valence-corrected chi connectivity index (χ3v) is 4.97. The van der Waals surface area contributed by atoms with Crippen LogP contribution < -0.4 is 4.90 Å². The number of benzene rings is 3. The van der Waals surface area contributed by atoms with Crippen molar-refractivity contribution in [2.75, 3.05) is 19.0 Å². The first-order chi connectivity index (χ1) is 12.7. The Labute approximate surface area is 155 Å². The van der Waals surface area contributed by atoms with Crippen LogP contribution in [0, 0.1) is 0 Å². The molecule has 0 heterocycles. The Morgan fingerprint density at radius 1 is 0.846 bits per heavy atom. The number of hydrogen-bond donors (Lipinski definition) is 0. The highest BCUT2D eigenvalue weighted by Gasteiger charge is 2.18. The quantitative estimate of drug-likeness (QED) is 0.363. The first kappa shape index (κ1) is 16.3. The van der Waals surface area contributed by atoms with Crippen LogP contribution in [0.5, 0.6) is 0 Å². The van der Waals surface area contributed by atoms with Crippen LogP contribution in [-0.4, -0.2) is 24.9 Å². The molecule has 0 unspecified atom stereocenters. The van der Waals surface area contributed by atoms with Crippen molar-refractivity contribution in [3.8, 4) is 11.1 Å². The summed E-state index contributed by atoms with van der Waals surface area (Å²) in [6.45, 7) is 0. The van der Waals surface area contributed by atoms with Crippen LogP contribution in [0.25, 0.3) is 11.1 Å². The summed E-state index contributed by atoms with van der Waals surface area (Å²) in [6.07, 6.45) is 7.28. The molecule has 2 heteroatoms. The number of rotatable bonds is 4. The lowest BCUT2D eigenvalue weighted by molar-refractivity contribution is -0.398. The van der Waals surface area contributed by atoms with Crippen LogP contribution in [0.3, 0.4) is 0 Å². The minimum atomic E-state index is 1.03. The smallest absolute Gasteiger partial charge is 0.204 e. The topological polar surface area (TPSA) is 6.25 Å². The fourth-order valence-electron chi connectivity index (χ4n) is 3.48. The summed E-state index contributed by atoms with van der Waals surface area (Å²) >= 11 is 0. The average molecular weight is 339 g/mol. The van der Waals surface area contributed by atoms with Crippen LogP contribution in [0.4, 0.5) is 11.4 Å². The highest BCUT2D eigenvalue weighted by molar-refractivity contribution is 5.79. The van der Waals surface area contributed by atoms with E-state index in [0.29, 0.717) is 0 Å². The predicted octanol–water partition coefficient (Wildman–Crippen LogP) is 5.25. The van der Waals surface area contributed by atoms with Crippen molar-refractivity contribution in [1.82, 2.24) is 0 Å². The summed E-state index contributed by atoms with van der Waals surface area (Å²) in [5.41, 5.74) is 7.98. The summed E-state index contributed by atoms with van der Waals surface area (Å²) in [4.78, 5) is 2.17. The minimum Gasteiger partial charge on any atom is -0.351 e. The normalized spacial score (nSPS) is 12.9. The van der Waals surface area contributed by atoms with Gasteiger partial charge in [-0.05, 0) is 40.8 Å².